The third-order valence-corrected chi connectivity index (χ3v) is 8.34. The number of carboxylic acid groups (broad SMARTS) is 1. The van der Waals surface area contributed by atoms with E-state index in [9.17, 15) is 32.5 Å². The van der Waals surface area contributed by atoms with Gasteiger partial charge in [-0.25, -0.2) is 19.1 Å². The van der Waals surface area contributed by atoms with Crippen LogP contribution in [0.2, 0.25) is 0 Å². The van der Waals surface area contributed by atoms with Crippen molar-refractivity contribution >= 4 is 66.9 Å². The summed E-state index contributed by atoms with van der Waals surface area (Å²) in [4.78, 5) is 50.7. The van der Waals surface area contributed by atoms with Crippen molar-refractivity contribution in [3.05, 3.63) is 41.5 Å². The van der Waals surface area contributed by atoms with Gasteiger partial charge >= 0.3 is 16.3 Å². The maximum absolute atomic E-state index is 13.0. The van der Waals surface area contributed by atoms with Gasteiger partial charge in [-0.15, -0.1) is 11.3 Å². The monoisotopic (exact) mass is 634 g/mol. The normalized spacial score (nSPS) is 19.7. The molecule has 0 bridgehead atoms. The Morgan fingerprint density at radius 2 is 2.09 bits per heavy atom. The number of nitrogens with zero attached hydrogens (tertiary/aromatic N) is 4. The Morgan fingerprint density at radius 3 is 2.70 bits per heavy atom. The molecule has 228 valence electrons. The van der Waals surface area contributed by atoms with Crippen LogP contribution in [-0.4, -0.2) is 99.8 Å². The molecule has 2 aliphatic rings. The number of nitrogen functional groups attached to an aromatic ring is 1. The molecule has 2 aliphatic heterocycles. The number of fused-ring (bicyclic) bond motifs is 1. The van der Waals surface area contributed by atoms with Crippen LogP contribution in [0.4, 0.5) is 10.9 Å². The summed E-state index contributed by atoms with van der Waals surface area (Å²) in [6.45, 7) is 2.46. The fourth-order valence-corrected chi connectivity index (χ4v) is 5.72. The molecule has 19 heteroatoms. The summed E-state index contributed by atoms with van der Waals surface area (Å²) in [6, 6.07) is 4.80. The number of carboxylic acids is 1. The van der Waals surface area contributed by atoms with E-state index in [4.69, 9.17) is 15.3 Å². The number of anilines is 2. The Bertz CT molecular complexity index is 1710. The standard InChI is InChI=1S/C24H26N8O9S2/c1-11-18(22(34)32(11)43(37,38)39)30-21(33)19(16-10-42-24(25)29-16)31-41-17(23(35)36)9-40-14-2-3-15-12(6-14)4-5-27-20(15)28-13-7-26-8-13/h2-6,10-11,13,17-18,26H,7-9H2,1H3,(H2,25,29)(H,27,28)(H,30,33)(H,35,36)(H,37,38,39)/b31-19-/t11-,17-,18-/m0/s1. The van der Waals surface area contributed by atoms with Crippen LogP contribution in [0.3, 0.4) is 0 Å². The van der Waals surface area contributed by atoms with Crippen molar-refractivity contribution in [2.75, 3.05) is 30.7 Å². The molecule has 5 rings (SSSR count). The zero-order chi connectivity index (χ0) is 30.9. The molecule has 4 heterocycles. The largest absolute Gasteiger partial charge is 0.489 e. The fraction of sp³-hybridized carbons (Fsp3) is 0.333. The van der Waals surface area contributed by atoms with Gasteiger partial charge in [-0.05, 0) is 36.6 Å². The van der Waals surface area contributed by atoms with Gasteiger partial charge in [0.15, 0.2) is 10.8 Å². The number of nitrogens with one attached hydrogen (secondary N) is 3. The summed E-state index contributed by atoms with van der Waals surface area (Å²) in [7, 11) is -4.82. The molecule has 2 saturated heterocycles. The number of carbonyl (C=O) groups is 3. The zero-order valence-electron chi connectivity index (χ0n) is 22.3. The SMILES string of the molecule is C[C@H]1[C@H](NC(=O)/C(=N\O[C@@H](COc2ccc3c(NC4CNC4)nccc3c2)C(=O)O)c2csc(N)n2)C(=O)N1S(=O)(=O)O. The van der Waals surface area contributed by atoms with Crippen molar-refractivity contribution in [2.24, 2.45) is 5.16 Å². The van der Waals surface area contributed by atoms with Crippen LogP contribution >= 0.6 is 11.3 Å². The van der Waals surface area contributed by atoms with E-state index in [1.54, 1.807) is 30.5 Å². The minimum absolute atomic E-state index is 0.0634. The lowest BCUT2D eigenvalue weighted by molar-refractivity contribution is -0.152. The highest BCUT2D eigenvalue weighted by atomic mass is 32.2. The smallest absolute Gasteiger partial charge is 0.362 e. The Balaban J connectivity index is 1.29. The Kier molecular flexibility index (Phi) is 8.31. The zero-order valence-corrected chi connectivity index (χ0v) is 24.0. The van der Waals surface area contributed by atoms with Crippen LogP contribution in [0, 0.1) is 0 Å². The van der Waals surface area contributed by atoms with Gasteiger partial charge in [0.1, 0.15) is 29.9 Å². The highest BCUT2D eigenvalue weighted by Gasteiger charge is 2.51. The maximum Gasteiger partial charge on any atom is 0.362 e. The quantitative estimate of drug-likeness (QED) is 0.0632. The first-order chi connectivity index (χ1) is 20.4. The van der Waals surface area contributed by atoms with Gasteiger partial charge in [-0.1, -0.05) is 5.16 Å². The Hall–Kier alpha value is -4.59. The number of ether oxygens (including phenoxy) is 1. The lowest BCUT2D eigenvalue weighted by atomic mass is 10.0. The molecule has 2 fully saturated rings. The summed E-state index contributed by atoms with van der Waals surface area (Å²) in [5.41, 5.74) is 5.06. The summed E-state index contributed by atoms with van der Waals surface area (Å²) in [6.07, 6.45) is -0.0245. The van der Waals surface area contributed by atoms with Crippen molar-refractivity contribution in [2.45, 2.75) is 31.2 Å². The first-order valence-electron chi connectivity index (χ1n) is 12.7. The number of rotatable bonds is 12. The molecule has 2 amide bonds. The Morgan fingerprint density at radius 1 is 1.33 bits per heavy atom. The predicted molar refractivity (Wildman–Crippen MR) is 153 cm³/mol. The molecule has 3 atom stereocenters. The molecule has 0 spiro atoms. The highest BCUT2D eigenvalue weighted by Crippen LogP contribution is 2.27. The third kappa shape index (κ3) is 6.43. The topological polar surface area (TPSA) is 248 Å². The number of amides is 2. The average Bonchev–Trinajstić information content (AvgIpc) is 3.35. The van der Waals surface area contributed by atoms with Crippen molar-refractivity contribution in [1.82, 2.24) is 24.9 Å². The molecule has 2 aromatic heterocycles. The third-order valence-electron chi connectivity index (χ3n) is 6.66. The van der Waals surface area contributed by atoms with E-state index in [-0.39, 0.29) is 21.2 Å². The second-order valence-electron chi connectivity index (χ2n) is 9.60. The molecule has 0 radical (unpaired) electrons. The average molecular weight is 635 g/mol. The van der Waals surface area contributed by atoms with Gasteiger partial charge in [0.2, 0.25) is 0 Å². The number of nitrogens with two attached hydrogens (primary N) is 1. The van der Waals surface area contributed by atoms with E-state index in [1.165, 1.54) is 12.3 Å². The number of oxime groups is 1. The first-order valence-corrected chi connectivity index (χ1v) is 15.0. The number of hydrogen-bond donors (Lipinski definition) is 6. The van der Waals surface area contributed by atoms with Gasteiger partial charge in [0.25, 0.3) is 17.9 Å². The second kappa shape index (κ2) is 12.0. The summed E-state index contributed by atoms with van der Waals surface area (Å²) < 4.78 is 37.8. The second-order valence-corrected chi connectivity index (χ2v) is 11.8. The van der Waals surface area contributed by atoms with Crippen LogP contribution in [0.1, 0.15) is 12.6 Å². The predicted octanol–water partition coefficient (Wildman–Crippen LogP) is -0.572. The minimum Gasteiger partial charge on any atom is -0.489 e. The highest BCUT2D eigenvalue weighted by molar-refractivity contribution is 7.84. The van der Waals surface area contributed by atoms with Crippen LogP contribution in [0.25, 0.3) is 10.8 Å². The molecule has 7 N–H and O–H groups in total. The van der Waals surface area contributed by atoms with Gasteiger partial charge in [-0.3, -0.25) is 14.1 Å². The summed E-state index contributed by atoms with van der Waals surface area (Å²) in [5.74, 6) is -2.49. The maximum atomic E-state index is 13.0. The molecular formula is C24H26N8O9S2. The van der Waals surface area contributed by atoms with Crippen LogP contribution in [-0.2, 0) is 29.5 Å². The fourth-order valence-electron chi connectivity index (χ4n) is 4.29. The molecule has 1 aromatic carbocycles. The lowest BCUT2D eigenvalue weighted by Crippen LogP contribution is -2.71. The molecule has 17 nitrogen and oxygen atoms in total. The number of thiazole rings is 1. The number of pyridine rings is 1. The molecule has 0 aliphatic carbocycles. The Labute approximate surface area is 247 Å². The number of hydrogen-bond acceptors (Lipinski definition) is 14. The lowest BCUT2D eigenvalue weighted by Gasteiger charge is -2.42. The number of aromatic nitrogens is 2. The molecule has 3 aromatic rings. The van der Waals surface area contributed by atoms with E-state index in [1.807, 2.05) is 0 Å². The minimum atomic E-state index is -4.82. The van der Waals surface area contributed by atoms with Crippen LogP contribution in [0.15, 0.2) is 41.0 Å². The van der Waals surface area contributed by atoms with Crippen LogP contribution < -0.4 is 26.4 Å². The van der Waals surface area contributed by atoms with Crippen molar-refractivity contribution in [1.29, 1.82) is 0 Å². The van der Waals surface area contributed by atoms with E-state index in [2.05, 4.69) is 31.1 Å². The van der Waals surface area contributed by atoms with E-state index < -0.39 is 58.6 Å². The van der Waals surface area contributed by atoms with Gasteiger partial charge in [0, 0.05) is 30.1 Å². The van der Waals surface area contributed by atoms with Crippen molar-refractivity contribution in [3.8, 4) is 5.75 Å². The number of carbonyl (C=O) groups excluding carboxylic acids is 2. The van der Waals surface area contributed by atoms with Gasteiger partial charge in [0.05, 0.1) is 12.1 Å². The van der Waals surface area contributed by atoms with Crippen molar-refractivity contribution < 1.29 is 42.0 Å². The summed E-state index contributed by atoms with van der Waals surface area (Å²) >= 11 is 0.961. The first kappa shape index (κ1) is 29.9. The van der Waals surface area contributed by atoms with Gasteiger partial charge in [-0.2, -0.15) is 8.42 Å². The van der Waals surface area contributed by atoms with E-state index in [0.717, 1.165) is 35.2 Å². The van der Waals surface area contributed by atoms with E-state index in [0.29, 0.717) is 11.6 Å². The number of benzene rings is 1. The summed E-state index contributed by atoms with van der Waals surface area (Å²) in [5, 5.41) is 25.3. The molecule has 0 unspecified atom stereocenters. The van der Waals surface area contributed by atoms with Crippen molar-refractivity contribution in [3.63, 3.8) is 0 Å². The molecule has 0 saturated carbocycles. The van der Waals surface area contributed by atoms with Gasteiger partial charge < -0.3 is 36.4 Å². The number of aliphatic carboxylic acids is 1. The van der Waals surface area contributed by atoms with Crippen LogP contribution in [0.5, 0.6) is 5.75 Å². The molecule has 43 heavy (non-hydrogen) atoms. The number of β-lactam (4-membered cyclic amide) rings is 1. The van der Waals surface area contributed by atoms with E-state index >= 15 is 0 Å². The molecular weight excluding hydrogens is 608 g/mol.